The Morgan fingerprint density at radius 1 is 1.22 bits per heavy atom. The zero-order valence-electron chi connectivity index (χ0n) is 14.6. The lowest BCUT2D eigenvalue weighted by molar-refractivity contribution is 0.129. The molecule has 150 valence electrons. The number of thiol groups is 1. The zero-order chi connectivity index (χ0) is 20.3. The highest BCUT2D eigenvalue weighted by Gasteiger charge is 2.53. The molecule has 1 aliphatic carbocycles. The van der Waals surface area contributed by atoms with Crippen LogP contribution in [-0.4, -0.2) is 10.9 Å². The summed E-state index contributed by atoms with van der Waals surface area (Å²) in [7, 11) is -1.50. The number of hydrogen-bond donors (Lipinski definition) is 1. The van der Waals surface area contributed by atoms with E-state index in [1.807, 2.05) is 13.8 Å². The quantitative estimate of drug-likeness (QED) is 0.132. The van der Waals surface area contributed by atoms with Gasteiger partial charge in [0.15, 0.2) is 27.9 Å². The van der Waals surface area contributed by atoms with Crippen LogP contribution < -0.4 is 0 Å². The molecule has 10 heteroatoms. The number of halogens is 5. The highest BCUT2D eigenvalue weighted by atomic mass is 33.2. The van der Waals surface area contributed by atoms with Crippen LogP contribution in [0.1, 0.15) is 33.1 Å². The van der Waals surface area contributed by atoms with Crippen molar-refractivity contribution in [2.45, 2.75) is 48.9 Å². The average molecular weight is 460 g/mol. The summed E-state index contributed by atoms with van der Waals surface area (Å²) in [6.45, 7) is 7.83. The van der Waals surface area contributed by atoms with Crippen LogP contribution in [0.15, 0.2) is 17.0 Å². The fraction of sp³-hybridized carbons (Fsp3) is 0.471. The lowest BCUT2D eigenvalue weighted by Gasteiger charge is -2.38. The normalized spacial score (nSPS) is 35.9. The second kappa shape index (κ2) is 7.19. The number of fused-ring (bicyclic) bond motifs is 1. The van der Waals surface area contributed by atoms with Crippen molar-refractivity contribution in [1.29, 1.82) is 0 Å². The average Bonchev–Trinajstić information content (AvgIpc) is 2.82. The van der Waals surface area contributed by atoms with Gasteiger partial charge in [0.2, 0.25) is 5.82 Å². The van der Waals surface area contributed by atoms with Crippen molar-refractivity contribution in [3.05, 3.63) is 41.2 Å². The molecule has 1 unspecified atom stereocenters. The Bertz CT molecular complexity index is 927. The molecular weight excluding hydrogens is 442 g/mol. The summed E-state index contributed by atoms with van der Waals surface area (Å²) in [5, 5.41) is 0. The van der Waals surface area contributed by atoms with Crippen LogP contribution in [0.3, 0.4) is 0 Å². The van der Waals surface area contributed by atoms with E-state index in [9.17, 15) is 22.0 Å². The van der Waals surface area contributed by atoms with Crippen molar-refractivity contribution >= 4 is 37.8 Å². The molecule has 0 amide bonds. The minimum atomic E-state index is -3.09. The maximum atomic E-state index is 14.1. The lowest BCUT2D eigenvalue weighted by atomic mass is 9.77. The maximum absolute atomic E-state index is 14.1. The first kappa shape index (κ1) is 21.4. The number of benzene rings is 1. The van der Waals surface area contributed by atoms with Gasteiger partial charge in [0.25, 0.3) is 0 Å². The van der Waals surface area contributed by atoms with Crippen LogP contribution in [0.4, 0.5) is 22.0 Å². The summed E-state index contributed by atoms with van der Waals surface area (Å²) in [6.07, 6.45) is 1.89. The van der Waals surface area contributed by atoms with Crippen molar-refractivity contribution in [1.82, 2.24) is 0 Å². The Labute approximate surface area is 165 Å². The van der Waals surface area contributed by atoms with E-state index >= 15 is 0 Å². The van der Waals surface area contributed by atoms with Crippen LogP contribution in [0, 0.1) is 40.7 Å². The zero-order valence-corrected chi connectivity index (χ0v) is 18.0. The van der Waals surface area contributed by atoms with Gasteiger partial charge in [-0.3, -0.25) is 0 Å². The Balaban J connectivity index is 1.99. The molecule has 1 saturated heterocycles. The maximum Gasteiger partial charge on any atom is 0.200 e. The van der Waals surface area contributed by atoms with Gasteiger partial charge in [0.1, 0.15) is 0 Å². The molecule has 1 saturated carbocycles. The van der Waals surface area contributed by atoms with Crippen LogP contribution >= 0.6 is 26.0 Å². The topological polar surface area (TPSA) is 9.23 Å². The molecular formula is C17H18F5OPS3. The first-order chi connectivity index (χ1) is 12.4. The summed E-state index contributed by atoms with van der Waals surface area (Å²) < 4.78 is 71.1. The number of hydrogen-bond acceptors (Lipinski definition) is 3. The summed E-state index contributed by atoms with van der Waals surface area (Å²) in [6, 6.07) is 0. The highest BCUT2D eigenvalue weighted by molar-refractivity contribution is 9.01. The predicted molar refractivity (Wildman–Crippen MR) is 106 cm³/mol. The first-order valence-corrected chi connectivity index (χ1v) is 14.4. The van der Waals surface area contributed by atoms with E-state index in [1.165, 1.54) is 0 Å². The summed E-state index contributed by atoms with van der Waals surface area (Å²) in [5.74, 6) is -9.75. The molecule has 0 radical (unpaired) electrons. The molecule has 1 nitrogen and oxygen atoms in total. The van der Waals surface area contributed by atoms with Gasteiger partial charge in [-0.1, -0.05) is 12.2 Å². The summed E-state index contributed by atoms with van der Waals surface area (Å²) in [4.78, 5) is -1.01. The third-order valence-electron chi connectivity index (χ3n) is 5.31. The standard InChI is InChI=1S/C17H18F5OPS3/c1-8(2)9-5-6-17(3)10(7-9)23-24(25,27(17)4)26-16-14(21)12(19)11(18)13(20)15(16)22/h4,9-10,27H,1,5-7H2,2-3H3/t9-,10+,17+,24-/m1/s1. The van der Waals surface area contributed by atoms with E-state index in [1.54, 1.807) is 0 Å². The fourth-order valence-electron chi connectivity index (χ4n) is 3.46. The highest BCUT2D eigenvalue weighted by Crippen LogP contribution is 2.85. The van der Waals surface area contributed by atoms with Crippen molar-refractivity contribution in [3.63, 3.8) is 0 Å². The van der Waals surface area contributed by atoms with Gasteiger partial charge in [0.05, 0.1) is 11.0 Å². The molecule has 0 spiro atoms. The van der Waals surface area contributed by atoms with Crippen molar-refractivity contribution < 1.29 is 26.5 Å². The summed E-state index contributed by atoms with van der Waals surface area (Å²) in [5.41, 5.74) is 7.42. The van der Waals surface area contributed by atoms with E-state index in [0.29, 0.717) is 24.2 Å². The van der Waals surface area contributed by atoms with Gasteiger partial charge in [-0.2, -0.15) is 0 Å². The monoisotopic (exact) mass is 460 g/mol. The minimum Gasteiger partial charge on any atom is -0.329 e. The van der Waals surface area contributed by atoms with Crippen LogP contribution in [-0.2, 0) is 16.3 Å². The molecule has 0 N–H and O–H groups in total. The lowest BCUT2D eigenvalue weighted by Crippen LogP contribution is -2.39. The first-order valence-electron chi connectivity index (χ1n) is 8.12. The fourth-order valence-corrected chi connectivity index (χ4v) is 17.1. The molecule has 2 aliphatic rings. The van der Waals surface area contributed by atoms with E-state index in [-0.39, 0.29) is 12.0 Å². The molecule has 5 atom stereocenters. The number of allylic oxidation sites excluding steroid dienone is 1. The SMILES string of the molecule is C#[SH]1[C@@]2(C)CC[C@@H](C(=C)C)C[C@@H]2O[P@@]1(=S)Sc1c(F)c(F)c(F)c(F)c1F. The molecule has 3 rings (SSSR count). The van der Waals surface area contributed by atoms with Crippen LogP contribution in [0.2, 0.25) is 0 Å². The smallest absolute Gasteiger partial charge is 0.200 e. The van der Waals surface area contributed by atoms with Crippen molar-refractivity contribution in [2.24, 2.45) is 5.92 Å². The van der Waals surface area contributed by atoms with E-state index < -0.39 is 53.3 Å². The Kier molecular flexibility index (Phi) is 5.70. The van der Waals surface area contributed by atoms with Gasteiger partial charge in [0, 0.05) is 4.75 Å². The second-order valence-corrected chi connectivity index (χ2v) is 19.5. The number of rotatable bonds is 3. The Morgan fingerprint density at radius 3 is 2.26 bits per heavy atom. The summed E-state index contributed by atoms with van der Waals surface area (Å²) >= 11 is 5.98. The third kappa shape index (κ3) is 3.34. The Morgan fingerprint density at radius 2 is 1.74 bits per heavy atom. The van der Waals surface area contributed by atoms with E-state index in [4.69, 9.17) is 22.0 Å². The van der Waals surface area contributed by atoms with Gasteiger partial charge < -0.3 is 4.52 Å². The van der Waals surface area contributed by atoms with E-state index in [2.05, 4.69) is 6.58 Å². The molecule has 1 heterocycles. The molecule has 2 fully saturated rings. The van der Waals surface area contributed by atoms with Gasteiger partial charge in [-0.15, -0.1) is 15.6 Å². The Hall–Kier alpha value is -0.300. The molecule has 1 aliphatic heterocycles. The third-order valence-corrected chi connectivity index (χ3v) is 18.3. The van der Waals surface area contributed by atoms with Crippen LogP contribution in [0.5, 0.6) is 0 Å². The largest absolute Gasteiger partial charge is 0.329 e. The molecule has 0 bridgehead atoms. The van der Waals surface area contributed by atoms with Gasteiger partial charge in [-0.05, 0) is 62.2 Å². The molecule has 1 aromatic rings. The second-order valence-electron chi connectivity index (χ2n) is 7.07. The molecule has 0 aromatic heterocycles. The minimum absolute atomic E-state index is 0.229. The van der Waals surface area contributed by atoms with Crippen LogP contribution in [0.25, 0.3) is 0 Å². The molecule has 27 heavy (non-hydrogen) atoms. The predicted octanol–water partition coefficient (Wildman–Crippen LogP) is 6.82. The van der Waals surface area contributed by atoms with Crippen molar-refractivity contribution in [2.75, 3.05) is 0 Å². The van der Waals surface area contributed by atoms with Gasteiger partial charge >= 0.3 is 0 Å². The molecule has 1 aromatic carbocycles. The van der Waals surface area contributed by atoms with E-state index in [0.717, 1.165) is 12.0 Å². The van der Waals surface area contributed by atoms with Gasteiger partial charge in [-0.25, -0.2) is 22.0 Å². The van der Waals surface area contributed by atoms with Crippen molar-refractivity contribution in [3.8, 4) is 5.69 Å².